The van der Waals surface area contributed by atoms with Gasteiger partial charge in [-0.25, -0.2) is 0 Å². The molecule has 18 heavy (non-hydrogen) atoms. The lowest BCUT2D eigenvalue weighted by Crippen LogP contribution is -2.63. The van der Waals surface area contributed by atoms with Crippen molar-refractivity contribution in [2.45, 2.75) is 71.4 Å². The van der Waals surface area contributed by atoms with Crippen LogP contribution in [-0.4, -0.2) is 36.1 Å². The van der Waals surface area contributed by atoms with E-state index in [9.17, 15) is 0 Å². The standard InChI is InChI=1S/C16H32N2/c1-5-16(4)12-18(10-6-7-13(2)3)15(11-17-16)14-8-9-14/h13-15,17H,5-12H2,1-4H3. The summed E-state index contributed by atoms with van der Waals surface area (Å²) in [7, 11) is 0. The zero-order chi connectivity index (χ0) is 13.2. The largest absolute Gasteiger partial charge is 0.309 e. The third kappa shape index (κ3) is 3.71. The quantitative estimate of drug-likeness (QED) is 0.780. The van der Waals surface area contributed by atoms with Crippen LogP contribution in [0.15, 0.2) is 0 Å². The Morgan fingerprint density at radius 3 is 2.61 bits per heavy atom. The van der Waals surface area contributed by atoms with E-state index >= 15 is 0 Å². The van der Waals surface area contributed by atoms with E-state index < -0.39 is 0 Å². The van der Waals surface area contributed by atoms with Gasteiger partial charge in [-0.2, -0.15) is 0 Å². The van der Waals surface area contributed by atoms with Crippen LogP contribution in [0.4, 0.5) is 0 Å². The molecule has 106 valence electrons. The Hall–Kier alpha value is -0.0800. The fourth-order valence-corrected chi connectivity index (χ4v) is 3.23. The van der Waals surface area contributed by atoms with Gasteiger partial charge in [-0.05, 0) is 57.4 Å². The summed E-state index contributed by atoms with van der Waals surface area (Å²) in [5, 5.41) is 3.80. The third-order valence-corrected chi connectivity index (χ3v) is 4.93. The highest BCUT2D eigenvalue weighted by molar-refractivity contribution is 4.99. The fraction of sp³-hybridized carbons (Fsp3) is 1.00. The Kier molecular flexibility index (Phi) is 4.71. The van der Waals surface area contributed by atoms with Gasteiger partial charge >= 0.3 is 0 Å². The van der Waals surface area contributed by atoms with Crippen molar-refractivity contribution in [1.29, 1.82) is 0 Å². The maximum atomic E-state index is 3.80. The van der Waals surface area contributed by atoms with Gasteiger partial charge in [-0.15, -0.1) is 0 Å². The summed E-state index contributed by atoms with van der Waals surface area (Å²) in [6, 6.07) is 0.830. The van der Waals surface area contributed by atoms with Gasteiger partial charge in [-0.3, -0.25) is 4.90 Å². The molecule has 0 bridgehead atoms. The van der Waals surface area contributed by atoms with Crippen molar-refractivity contribution in [3.63, 3.8) is 0 Å². The zero-order valence-electron chi connectivity index (χ0n) is 12.8. The van der Waals surface area contributed by atoms with E-state index in [1.165, 1.54) is 51.7 Å². The van der Waals surface area contributed by atoms with E-state index in [0.29, 0.717) is 5.54 Å². The maximum Gasteiger partial charge on any atom is 0.0278 e. The Labute approximate surface area is 114 Å². The number of hydrogen-bond donors (Lipinski definition) is 1. The van der Waals surface area contributed by atoms with Crippen LogP contribution in [0.25, 0.3) is 0 Å². The van der Waals surface area contributed by atoms with E-state index in [2.05, 4.69) is 37.9 Å². The molecule has 2 aliphatic rings. The van der Waals surface area contributed by atoms with Crippen molar-refractivity contribution in [2.24, 2.45) is 11.8 Å². The number of nitrogens with one attached hydrogen (secondary N) is 1. The second kappa shape index (κ2) is 5.92. The molecule has 0 aromatic rings. The Balaban J connectivity index is 1.87. The average Bonchev–Trinajstić information content (AvgIpc) is 3.13. The normalized spacial score (nSPS) is 34.2. The molecule has 2 unspecified atom stereocenters. The van der Waals surface area contributed by atoms with Crippen molar-refractivity contribution >= 4 is 0 Å². The first-order valence-electron chi connectivity index (χ1n) is 8.03. The topological polar surface area (TPSA) is 15.3 Å². The molecule has 1 aliphatic carbocycles. The second-order valence-electron chi connectivity index (χ2n) is 7.21. The summed E-state index contributed by atoms with van der Waals surface area (Å²) in [5.41, 5.74) is 0.350. The van der Waals surface area contributed by atoms with E-state index in [-0.39, 0.29) is 0 Å². The van der Waals surface area contributed by atoms with Crippen LogP contribution in [-0.2, 0) is 0 Å². The summed E-state index contributed by atoms with van der Waals surface area (Å²) >= 11 is 0. The van der Waals surface area contributed by atoms with Gasteiger partial charge in [0.25, 0.3) is 0 Å². The van der Waals surface area contributed by atoms with Crippen LogP contribution in [0.5, 0.6) is 0 Å². The molecule has 2 heteroatoms. The monoisotopic (exact) mass is 252 g/mol. The van der Waals surface area contributed by atoms with Crippen molar-refractivity contribution in [3.8, 4) is 0 Å². The molecule has 1 N–H and O–H groups in total. The molecule has 1 heterocycles. The Morgan fingerprint density at radius 1 is 1.33 bits per heavy atom. The molecule has 0 amide bonds. The molecule has 1 saturated heterocycles. The highest BCUT2D eigenvalue weighted by Crippen LogP contribution is 2.37. The maximum absolute atomic E-state index is 3.80. The fourth-order valence-electron chi connectivity index (χ4n) is 3.23. The van der Waals surface area contributed by atoms with Gasteiger partial charge in [-0.1, -0.05) is 20.8 Å². The van der Waals surface area contributed by atoms with Crippen molar-refractivity contribution in [1.82, 2.24) is 10.2 Å². The summed E-state index contributed by atoms with van der Waals surface area (Å²) < 4.78 is 0. The molecule has 0 aromatic carbocycles. The van der Waals surface area contributed by atoms with Crippen LogP contribution in [0.3, 0.4) is 0 Å². The molecule has 0 radical (unpaired) electrons. The number of hydrogen-bond acceptors (Lipinski definition) is 2. The molecule has 2 atom stereocenters. The Bertz CT molecular complexity index is 260. The predicted octanol–water partition coefficient (Wildman–Crippen LogP) is 3.28. The van der Waals surface area contributed by atoms with E-state index in [0.717, 1.165) is 17.9 Å². The van der Waals surface area contributed by atoms with Crippen LogP contribution in [0.1, 0.15) is 59.8 Å². The van der Waals surface area contributed by atoms with Crippen molar-refractivity contribution < 1.29 is 0 Å². The van der Waals surface area contributed by atoms with Crippen LogP contribution >= 0.6 is 0 Å². The number of rotatable bonds is 6. The minimum atomic E-state index is 0.350. The van der Waals surface area contributed by atoms with Crippen LogP contribution in [0, 0.1) is 11.8 Å². The molecule has 1 aliphatic heterocycles. The molecule has 1 saturated carbocycles. The lowest BCUT2D eigenvalue weighted by Gasteiger charge is -2.46. The summed E-state index contributed by atoms with van der Waals surface area (Å²) in [4.78, 5) is 2.81. The summed E-state index contributed by atoms with van der Waals surface area (Å²) in [5.74, 6) is 1.85. The minimum absolute atomic E-state index is 0.350. The van der Waals surface area contributed by atoms with Gasteiger partial charge < -0.3 is 5.32 Å². The molecule has 2 fully saturated rings. The number of nitrogens with zero attached hydrogens (tertiary/aromatic N) is 1. The van der Waals surface area contributed by atoms with Gasteiger partial charge in [0, 0.05) is 24.7 Å². The summed E-state index contributed by atoms with van der Waals surface area (Å²) in [6.45, 7) is 13.2. The Morgan fingerprint density at radius 2 is 2.06 bits per heavy atom. The van der Waals surface area contributed by atoms with Crippen molar-refractivity contribution in [3.05, 3.63) is 0 Å². The van der Waals surface area contributed by atoms with Gasteiger partial charge in [0.2, 0.25) is 0 Å². The first-order valence-corrected chi connectivity index (χ1v) is 8.03. The molecule has 2 rings (SSSR count). The number of piperazine rings is 1. The van der Waals surface area contributed by atoms with E-state index in [4.69, 9.17) is 0 Å². The first-order chi connectivity index (χ1) is 8.54. The smallest absolute Gasteiger partial charge is 0.0278 e. The highest BCUT2D eigenvalue weighted by atomic mass is 15.3. The minimum Gasteiger partial charge on any atom is -0.309 e. The third-order valence-electron chi connectivity index (χ3n) is 4.93. The van der Waals surface area contributed by atoms with Crippen molar-refractivity contribution in [2.75, 3.05) is 19.6 Å². The van der Waals surface area contributed by atoms with Gasteiger partial charge in [0.15, 0.2) is 0 Å². The highest BCUT2D eigenvalue weighted by Gasteiger charge is 2.41. The molecule has 0 aromatic heterocycles. The van der Waals surface area contributed by atoms with Gasteiger partial charge in [0.05, 0.1) is 0 Å². The lowest BCUT2D eigenvalue weighted by atomic mass is 9.91. The van der Waals surface area contributed by atoms with E-state index in [1.807, 2.05) is 0 Å². The molecule has 2 nitrogen and oxygen atoms in total. The van der Waals surface area contributed by atoms with E-state index in [1.54, 1.807) is 0 Å². The summed E-state index contributed by atoms with van der Waals surface area (Å²) in [6.07, 6.45) is 6.93. The van der Waals surface area contributed by atoms with Crippen LogP contribution in [0.2, 0.25) is 0 Å². The molecular formula is C16H32N2. The lowest BCUT2D eigenvalue weighted by molar-refractivity contribution is 0.0705. The molecular weight excluding hydrogens is 220 g/mol. The van der Waals surface area contributed by atoms with Crippen LogP contribution < -0.4 is 5.32 Å². The molecule has 0 spiro atoms. The van der Waals surface area contributed by atoms with Gasteiger partial charge in [0.1, 0.15) is 0 Å². The first kappa shape index (κ1) is 14.3. The predicted molar refractivity (Wildman–Crippen MR) is 78.9 cm³/mol. The SMILES string of the molecule is CCC1(C)CN(CCCC(C)C)C(C2CC2)CN1. The second-order valence-corrected chi connectivity index (χ2v) is 7.21. The average molecular weight is 252 g/mol. The zero-order valence-corrected chi connectivity index (χ0v) is 12.8.